The highest BCUT2D eigenvalue weighted by Crippen LogP contribution is 2.31. The topological polar surface area (TPSA) is 127 Å². The van der Waals surface area contributed by atoms with Gasteiger partial charge in [-0.3, -0.25) is 14.4 Å². The number of rotatable bonds is 7. The Kier molecular flexibility index (Phi) is 8.53. The molecule has 47 heavy (non-hydrogen) atoms. The van der Waals surface area contributed by atoms with Crippen LogP contribution in [-0.4, -0.2) is 74.0 Å². The van der Waals surface area contributed by atoms with Crippen molar-refractivity contribution in [2.75, 3.05) is 26.7 Å². The van der Waals surface area contributed by atoms with Crippen LogP contribution >= 0.6 is 0 Å². The Hall–Kier alpha value is -4.75. The number of hydrogen-bond donors (Lipinski definition) is 1. The number of halogens is 1. The van der Waals surface area contributed by atoms with Crippen molar-refractivity contribution >= 4 is 28.3 Å². The van der Waals surface area contributed by atoms with Crippen molar-refractivity contribution in [3.8, 4) is 16.9 Å². The number of hydrazine groups is 1. The van der Waals surface area contributed by atoms with E-state index < -0.39 is 17.3 Å². The molecule has 2 aromatic heterocycles. The quantitative estimate of drug-likeness (QED) is 0.301. The monoisotopic (exact) mass is 642 g/mol. The molecule has 1 atom stereocenters. The molecule has 4 aromatic rings. The summed E-state index contributed by atoms with van der Waals surface area (Å²) in [7, 11) is 3.50. The zero-order chi connectivity index (χ0) is 33.6. The largest absolute Gasteiger partial charge is 0.461 e. The number of hydrogen-bond acceptors (Lipinski definition) is 9. The number of carbonyl (C=O) groups excluding carboxylic acids is 1. The fraction of sp³-hybridized carbons (Fsp3) is 0.412. The molecule has 2 aliphatic heterocycles. The molecule has 1 N–H and O–H groups in total. The lowest BCUT2D eigenvalue weighted by Crippen LogP contribution is -2.46. The normalized spacial score (nSPS) is 18.0. The zero-order valence-electron chi connectivity index (χ0n) is 27.5. The number of aliphatic imine (C=N–C) groups is 1. The van der Waals surface area contributed by atoms with Crippen molar-refractivity contribution in [1.82, 2.24) is 34.9 Å². The highest BCUT2D eigenvalue weighted by molar-refractivity contribution is 5.87. The maximum Gasteiger partial charge on any atom is 0.302 e. The Morgan fingerprint density at radius 2 is 1.89 bits per heavy atom. The first-order valence-corrected chi connectivity index (χ1v) is 15.7. The third kappa shape index (κ3) is 6.45. The van der Waals surface area contributed by atoms with Gasteiger partial charge in [0.25, 0.3) is 11.1 Å². The molecule has 2 fully saturated rings. The summed E-state index contributed by atoms with van der Waals surface area (Å²) in [5, 5.41) is 11.2. The molecule has 0 radical (unpaired) electrons. The van der Waals surface area contributed by atoms with E-state index in [0.717, 1.165) is 29.9 Å². The highest BCUT2D eigenvalue weighted by Gasteiger charge is 2.30. The van der Waals surface area contributed by atoms with Gasteiger partial charge in [-0.15, -0.1) is 0 Å². The van der Waals surface area contributed by atoms with E-state index in [1.807, 2.05) is 32.8 Å². The van der Waals surface area contributed by atoms with Crippen LogP contribution in [0.5, 0.6) is 0 Å². The number of carbonyl (C=O) groups is 1. The minimum atomic E-state index is -0.661. The molecular weight excluding hydrogens is 603 g/mol. The molecule has 13 heteroatoms. The van der Waals surface area contributed by atoms with Gasteiger partial charge < -0.3 is 15.1 Å². The fourth-order valence-electron chi connectivity index (χ4n) is 5.95. The van der Waals surface area contributed by atoms with Crippen molar-refractivity contribution in [2.24, 2.45) is 12.0 Å². The second-order valence-corrected chi connectivity index (χ2v) is 13.3. The van der Waals surface area contributed by atoms with E-state index in [0.29, 0.717) is 34.5 Å². The maximum absolute atomic E-state index is 15.5. The van der Waals surface area contributed by atoms with Gasteiger partial charge in [0.2, 0.25) is 0 Å². The van der Waals surface area contributed by atoms with Crippen molar-refractivity contribution in [3.63, 3.8) is 0 Å². The fourth-order valence-corrected chi connectivity index (χ4v) is 5.95. The molecule has 246 valence electrons. The predicted octanol–water partition coefficient (Wildman–Crippen LogP) is 3.59. The predicted molar refractivity (Wildman–Crippen MR) is 177 cm³/mol. The van der Waals surface area contributed by atoms with Crippen molar-refractivity contribution in [3.05, 3.63) is 80.2 Å². The van der Waals surface area contributed by atoms with Crippen LogP contribution in [0, 0.1) is 5.82 Å². The molecule has 0 saturated carbocycles. The summed E-state index contributed by atoms with van der Waals surface area (Å²) >= 11 is 0. The third-order valence-electron chi connectivity index (χ3n) is 8.78. The molecule has 2 aromatic carbocycles. The van der Waals surface area contributed by atoms with E-state index in [1.165, 1.54) is 37.3 Å². The van der Waals surface area contributed by atoms with E-state index in [9.17, 15) is 14.4 Å². The highest BCUT2D eigenvalue weighted by atomic mass is 19.1. The first-order valence-electron chi connectivity index (χ1n) is 15.7. The van der Waals surface area contributed by atoms with Gasteiger partial charge in [-0.25, -0.2) is 19.1 Å². The van der Waals surface area contributed by atoms with Gasteiger partial charge in [-0.2, -0.15) is 14.9 Å². The molecule has 2 saturated heterocycles. The van der Waals surface area contributed by atoms with E-state index in [2.05, 4.69) is 20.5 Å². The SMILES string of the molecule is CC(=O)OCc1c(-c2cc(N=C3CC(CN4CCC4)N(C)N3)c(=O)n(C)n2)cccc1-n1ncc2cc(C(C)(C)C)cc(F)c2c1=O. The van der Waals surface area contributed by atoms with Gasteiger partial charge in [0.15, 0.2) is 0 Å². The second-order valence-electron chi connectivity index (χ2n) is 13.3. The van der Waals surface area contributed by atoms with Crippen molar-refractivity contribution in [2.45, 2.75) is 58.6 Å². The molecule has 4 heterocycles. The molecule has 0 aliphatic carbocycles. The van der Waals surface area contributed by atoms with Crippen molar-refractivity contribution < 1.29 is 13.9 Å². The lowest BCUT2D eigenvalue weighted by molar-refractivity contribution is -0.142. The van der Waals surface area contributed by atoms with Crippen LogP contribution in [0.25, 0.3) is 27.7 Å². The smallest absolute Gasteiger partial charge is 0.302 e. The standard InChI is InChI=1S/C34H39FN8O4/c1-20(44)47-19-25-24(9-7-10-29(25)43-33(46)31-21(17-36-43)13-22(14-26(31)35)34(2,3)4)27-16-28(32(45)41(6)38-27)37-30-15-23(40(5)39-30)18-42-11-8-12-42/h7,9-10,13-14,16-17,23H,8,11-12,15,18-19H2,1-6H3,(H,37,39). The van der Waals surface area contributed by atoms with Crippen LogP contribution in [0.15, 0.2) is 57.2 Å². The Bertz CT molecular complexity index is 2030. The molecule has 0 amide bonds. The Labute approximate surface area is 271 Å². The Balaban J connectivity index is 1.44. The van der Waals surface area contributed by atoms with Crippen molar-refractivity contribution in [1.29, 1.82) is 0 Å². The second kappa shape index (κ2) is 12.5. The number of nitrogens with zero attached hydrogens (tertiary/aromatic N) is 7. The van der Waals surface area contributed by atoms with Gasteiger partial charge in [0.05, 0.1) is 23.0 Å². The lowest BCUT2D eigenvalue weighted by Gasteiger charge is -2.34. The first kappa shape index (κ1) is 32.2. The number of amidine groups is 1. The molecule has 0 spiro atoms. The number of aryl methyl sites for hydroxylation is 1. The zero-order valence-corrected chi connectivity index (χ0v) is 27.5. The Morgan fingerprint density at radius 1 is 1.13 bits per heavy atom. The summed E-state index contributed by atoms with van der Waals surface area (Å²) in [6, 6.07) is 10.1. The summed E-state index contributed by atoms with van der Waals surface area (Å²) in [5.41, 5.74) is 4.37. The molecule has 12 nitrogen and oxygen atoms in total. The minimum absolute atomic E-state index is 0.100. The first-order chi connectivity index (χ1) is 22.3. The van der Waals surface area contributed by atoms with Gasteiger partial charge in [0.1, 0.15) is 23.9 Å². The van der Waals surface area contributed by atoms with E-state index in [4.69, 9.17) is 9.73 Å². The van der Waals surface area contributed by atoms with Crippen LogP contribution < -0.4 is 16.5 Å². The van der Waals surface area contributed by atoms with E-state index in [1.54, 1.807) is 30.3 Å². The van der Waals surface area contributed by atoms with Crippen LogP contribution in [0.3, 0.4) is 0 Å². The van der Waals surface area contributed by atoms with Crippen LogP contribution in [0.1, 0.15) is 51.7 Å². The number of fused-ring (bicyclic) bond motifs is 1. The number of esters is 1. The number of ether oxygens (including phenoxy) is 1. The van der Waals surface area contributed by atoms with E-state index >= 15 is 4.39 Å². The third-order valence-corrected chi connectivity index (χ3v) is 8.78. The Morgan fingerprint density at radius 3 is 2.57 bits per heavy atom. The maximum atomic E-state index is 15.5. The van der Waals surface area contributed by atoms with Crippen LogP contribution in [0.2, 0.25) is 0 Å². The number of aromatic nitrogens is 4. The lowest BCUT2D eigenvalue weighted by atomic mass is 9.86. The molecular formula is C34H39FN8O4. The average molecular weight is 643 g/mol. The minimum Gasteiger partial charge on any atom is -0.461 e. The van der Waals surface area contributed by atoms with Gasteiger partial charge >= 0.3 is 5.97 Å². The molecule has 1 unspecified atom stereocenters. The van der Waals surface area contributed by atoms with Crippen LogP contribution in [-0.2, 0) is 28.6 Å². The van der Waals surface area contributed by atoms with Gasteiger partial charge in [0, 0.05) is 56.5 Å². The average Bonchev–Trinajstić information content (AvgIpc) is 3.33. The summed E-state index contributed by atoms with van der Waals surface area (Å²) in [6.45, 7) is 10.1. The summed E-state index contributed by atoms with van der Waals surface area (Å²) in [6.07, 6.45) is 3.32. The number of likely N-dealkylation sites (N-methyl/N-ethyl adjacent to an activating group) is 1. The van der Waals surface area contributed by atoms with Gasteiger partial charge in [-0.1, -0.05) is 32.9 Å². The van der Waals surface area contributed by atoms with E-state index in [-0.39, 0.29) is 40.4 Å². The molecule has 0 bridgehead atoms. The summed E-state index contributed by atoms with van der Waals surface area (Å²) in [5.74, 6) is -0.507. The van der Waals surface area contributed by atoms with Gasteiger partial charge in [-0.05, 0) is 54.8 Å². The number of likely N-dealkylation sites (tertiary alicyclic amines) is 1. The van der Waals surface area contributed by atoms with Crippen LogP contribution in [0.4, 0.5) is 10.1 Å². The number of nitrogens with one attached hydrogen (secondary N) is 1. The number of benzene rings is 2. The summed E-state index contributed by atoms with van der Waals surface area (Å²) < 4.78 is 23.2. The molecule has 6 rings (SSSR count). The molecule has 2 aliphatic rings. The summed E-state index contributed by atoms with van der Waals surface area (Å²) in [4.78, 5) is 46.0.